The number of hydrogen-bond donors (Lipinski definition) is 1. The molecule has 3 aromatic heterocycles. The van der Waals surface area contributed by atoms with Gasteiger partial charge in [0.25, 0.3) is 5.89 Å². The Kier molecular flexibility index (Phi) is 5.34. The Morgan fingerprint density at radius 1 is 0.943 bits per heavy atom. The number of rotatable bonds is 6. The van der Waals surface area contributed by atoms with Gasteiger partial charge in [0.2, 0.25) is 11.7 Å². The lowest BCUT2D eigenvalue weighted by molar-refractivity contribution is 0.116. The van der Waals surface area contributed by atoms with Gasteiger partial charge in [0.1, 0.15) is 0 Å². The largest absolute Gasteiger partial charge is 0.415 e. The third kappa shape index (κ3) is 4.19. The Bertz CT molecular complexity index is 1460. The van der Waals surface area contributed by atoms with Crippen LogP contribution in [0.1, 0.15) is 23.6 Å². The minimum absolute atomic E-state index is 0.0457. The molecule has 176 valence electrons. The van der Waals surface area contributed by atoms with E-state index >= 15 is 0 Å². The molecule has 0 spiro atoms. The van der Waals surface area contributed by atoms with E-state index in [0.717, 1.165) is 41.9 Å². The van der Waals surface area contributed by atoms with Crippen molar-refractivity contribution in [3.63, 3.8) is 0 Å². The van der Waals surface area contributed by atoms with Gasteiger partial charge in [0.15, 0.2) is 0 Å². The van der Waals surface area contributed by atoms with E-state index in [1.807, 2.05) is 47.3 Å². The van der Waals surface area contributed by atoms with Gasteiger partial charge in [-0.2, -0.15) is 18.7 Å². The van der Waals surface area contributed by atoms with Gasteiger partial charge in [-0.25, -0.2) is 0 Å². The molecule has 6 rings (SSSR count). The second-order valence-corrected chi connectivity index (χ2v) is 8.07. The number of aromatic nitrogens is 8. The van der Waals surface area contributed by atoms with Crippen molar-refractivity contribution in [2.45, 2.75) is 26.1 Å². The van der Waals surface area contributed by atoms with Crippen LogP contribution in [-0.2, 0) is 19.6 Å². The molecule has 0 unspecified atom stereocenters. The molecule has 4 heterocycles. The molecule has 5 aromatic rings. The average Bonchev–Trinajstić information content (AvgIpc) is 3.64. The molecule has 0 atom stereocenters. The maximum atomic E-state index is 12.6. The quantitative estimate of drug-likeness (QED) is 0.398. The van der Waals surface area contributed by atoms with Gasteiger partial charge in [-0.1, -0.05) is 36.4 Å². The van der Waals surface area contributed by atoms with Crippen molar-refractivity contribution < 1.29 is 13.2 Å². The van der Waals surface area contributed by atoms with Crippen molar-refractivity contribution >= 4 is 0 Å². The highest BCUT2D eigenvalue weighted by atomic mass is 19.3. The molecule has 12 heteroatoms. The van der Waals surface area contributed by atoms with Crippen LogP contribution in [0.25, 0.3) is 34.0 Å². The summed E-state index contributed by atoms with van der Waals surface area (Å²) in [5.41, 5.74) is 5.72. The predicted octanol–water partition coefficient (Wildman–Crippen LogP) is 3.34. The fourth-order valence-electron chi connectivity index (χ4n) is 4.00. The zero-order valence-electron chi connectivity index (χ0n) is 18.3. The molecule has 0 saturated heterocycles. The van der Waals surface area contributed by atoms with E-state index in [1.54, 1.807) is 12.1 Å². The third-order valence-electron chi connectivity index (χ3n) is 5.80. The fourth-order valence-corrected chi connectivity index (χ4v) is 4.00. The molecule has 0 fully saturated rings. The monoisotopic (exact) mass is 475 g/mol. The molecule has 10 nitrogen and oxygen atoms in total. The molecular weight excluding hydrogens is 456 g/mol. The summed E-state index contributed by atoms with van der Waals surface area (Å²) in [6.07, 6.45) is -0.888. The van der Waals surface area contributed by atoms with Crippen LogP contribution in [-0.4, -0.2) is 46.7 Å². The van der Waals surface area contributed by atoms with Gasteiger partial charge in [-0.15, -0.1) is 20.4 Å². The van der Waals surface area contributed by atoms with E-state index in [4.69, 9.17) is 4.42 Å². The Morgan fingerprint density at radius 3 is 2.49 bits per heavy atom. The van der Waals surface area contributed by atoms with Crippen LogP contribution in [0.5, 0.6) is 0 Å². The smallest absolute Gasteiger partial charge is 0.314 e. The van der Waals surface area contributed by atoms with Crippen molar-refractivity contribution in [1.82, 2.24) is 45.5 Å². The first-order valence-corrected chi connectivity index (χ1v) is 11.0. The summed E-state index contributed by atoms with van der Waals surface area (Å²) in [5.74, 6) is -0.125. The van der Waals surface area contributed by atoms with Crippen molar-refractivity contribution in [1.29, 1.82) is 0 Å². The maximum absolute atomic E-state index is 12.6. The number of benzene rings is 2. The predicted molar refractivity (Wildman–Crippen MR) is 120 cm³/mol. The van der Waals surface area contributed by atoms with Crippen molar-refractivity contribution in [2.24, 2.45) is 0 Å². The number of fused-ring (bicyclic) bond motifs is 1. The van der Waals surface area contributed by atoms with Crippen LogP contribution < -0.4 is 5.32 Å². The van der Waals surface area contributed by atoms with E-state index in [9.17, 15) is 8.78 Å². The summed E-state index contributed by atoms with van der Waals surface area (Å²) in [6.45, 7) is 3.01. The van der Waals surface area contributed by atoms with E-state index < -0.39 is 12.3 Å². The fraction of sp³-hybridized carbons (Fsp3) is 0.217. The van der Waals surface area contributed by atoms with Gasteiger partial charge < -0.3 is 9.73 Å². The molecule has 0 radical (unpaired) electrons. The molecular formula is C23H19F2N9O. The summed E-state index contributed by atoms with van der Waals surface area (Å²) < 4.78 is 32.3. The summed E-state index contributed by atoms with van der Waals surface area (Å²) >= 11 is 0. The van der Waals surface area contributed by atoms with E-state index in [1.165, 1.54) is 10.5 Å². The second kappa shape index (κ2) is 8.80. The van der Waals surface area contributed by atoms with Crippen LogP contribution in [0.3, 0.4) is 0 Å². The standard InChI is InChI=1S/C23H19F2N9O/c24-20(25)23-30-29-22(35-23)17-3-1-14(2-4-17)13-34-31-21(28-32-34)16-7-5-15(6-8-16)18-11-27-33-10-9-26-12-19(18)33/h1-8,11,20,26H,9-10,12-13H2. The highest BCUT2D eigenvalue weighted by Crippen LogP contribution is 2.27. The van der Waals surface area contributed by atoms with Gasteiger partial charge in [0, 0.05) is 29.8 Å². The molecule has 1 N–H and O–H groups in total. The molecule has 0 amide bonds. The number of tetrazole rings is 1. The van der Waals surface area contributed by atoms with Gasteiger partial charge >= 0.3 is 6.43 Å². The number of halogens is 2. The zero-order chi connectivity index (χ0) is 23.8. The van der Waals surface area contributed by atoms with Crippen molar-refractivity contribution in [3.05, 3.63) is 71.9 Å². The van der Waals surface area contributed by atoms with Crippen LogP contribution in [0, 0.1) is 0 Å². The summed E-state index contributed by atoms with van der Waals surface area (Å²) in [7, 11) is 0. The topological polar surface area (TPSA) is 112 Å². The number of hydrogen-bond acceptors (Lipinski definition) is 8. The highest BCUT2D eigenvalue weighted by molar-refractivity contribution is 5.69. The Labute approximate surface area is 197 Å². The Balaban J connectivity index is 1.15. The van der Waals surface area contributed by atoms with Crippen LogP contribution in [0.4, 0.5) is 8.78 Å². The second-order valence-electron chi connectivity index (χ2n) is 8.07. The normalized spacial score (nSPS) is 13.3. The first kappa shape index (κ1) is 21.2. The van der Waals surface area contributed by atoms with Gasteiger partial charge in [-0.3, -0.25) is 4.68 Å². The lowest BCUT2D eigenvalue weighted by atomic mass is 10.0. The molecule has 1 aliphatic heterocycles. The highest BCUT2D eigenvalue weighted by Gasteiger charge is 2.18. The summed E-state index contributed by atoms with van der Waals surface area (Å²) in [4.78, 5) is 1.50. The molecule has 0 saturated carbocycles. The molecule has 0 aliphatic carbocycles. The molecule has 35 heavy (non-hydrogen) atoms. The van der Waals surface area contributed by atoms with Gasteiger partial charge in [0.05, 0.1) is 25.0 Å². The Morgan fingerprint density at radius 2 is 1.71 bits per heavy atom. The molecule has 1 aliphatic rings. The van der Waals surface area contributed by atoms with Crippen LogP contribution in [0.15, 0.2) is 59.1 Å². The third-order valence-corrected chi connectivity index (χ3v) is 5.80. The number of alkyl halides is 2. The average molecular weight is 475 g/mol. The zero-order valence-corrected chi connectivity index (χ0v) is 18.3. The minimum atomic E-state index is -2.80. The number of nitrogens with one attached hydrogen (secondary N) is 1. The first-order chi connectivity index (χ1) is 17.1. The molecule has 0 bridgehead atoms. The lowest BCUT2D eigenvalue weighted by Crippen LogP contribution is -2.28. The number of nitrogens with zero attached hydrogens (tertiary/aromatic N) is 8. The van der Waals surface area contributed by atoms with Crippen LogP contribution >= 0.6 is 0 Å². The van der Waals surface area contributed by atoms with E-state index in [2.05, 4.69) is 36.0 Å². The Hall–Kier alpha value is -4.32. The first-order valence-electron chi connectivity index (χ1n) is 11.0. The summed E-state index contributed by atoms with van der Waals surface area (Å²) in [5, 5.41) is 27.7. The van der Waals surface area contributed by atoms with E-state index in [-0.39, 0.29) is 5.89 Å². The van der Waals surface area contributed by atoms with E-state index in [0.29, 0.717) is 17.9 Å². The van der Waals surface area contributed by atoms with Crippen molar-refractivity contribution in [2.75, 3.05) is 6.54 Å². The van der Waals surface area contributed by atoms with Crippen LogP contribution in [0.2, 0.25) is 0 Å². The van der Waals surface area contributed by atoms with Gasteiger partial charge in [-0.05, 0) is 28.5 Å². The summed E-state index contributed by atoms with van der Waals surface area (Å²) in [6, 6.07) is 15.1. The minimum Gasteiger partial charge on any atom is -0.415 e. The van der Waals surface area contributed by atoms with Crippen molar-refractivity contribution in [3.8, 4) is 34.0 Å². The molecule has 2 aromatic carbocycles. The SMILES string of the molecule is FC(F)c1nnc(-c2ccc(Cn3nnc(-c4ccc(-c5cnn6c5CNCC6)cc4)n3)cc2)o1. The lowest BCUT2D eigenvalue weighted by Gasteiger charge is -2.16. The maximum Gasteiger partial charge on any atom is 0.314 e.